The third kappa shape index (κ3) is 4.33. The number of aliphatic hydroxyl groups excluding tert-OH is 1. The van der Waals surface area contributed by atoms with Gasteiger partial charge in [0.05, 0.1) is 12.5 Å². The van der Waals surface area contributed by atoms with E-state index in [0.717, 1.165) is 9.47 Å². The molecule has 0 amide bonds. The zero-order valence-electron chi connectivity index (χ0n) is 8.95. The molecule has 16 heavy (non-hydrogen) atoms. The van der Waals surface area contributed by atoms with Crippen LogP contribution in [0.15, 0.2) is 4.34 Å². The average Bonchev–Trinajstić information content (AvgIpc) is 2.61. The molecule has 0 saturated carbocycles. The highest BCUT2D eigenvalue weighted by atomic mass is 32.2. The first-order valence-electron chi connectivity index (χ1n) is 4.52. The van der Waals surface area contributed by atoms with Crippen molar-refractivity contribution in [3.8, 4) is 0 Å². The fraction of sp³-hybridized carbons (Fsp3) is 0.625. The predicted octanol–water partition coefficient (Wildman–Crippen LogP) is 0.532. The van der Waals surface area contributed by atoms with Crippen molar-refractivity contribution in [3.63, 3.8) is 0 Å². The van der Waals surface area contributed by atoms with E-state index in [1.807, 2.05) is 19.0 Å². The molecule has 1 aromatic rings. The van der Waals surface area contributed by atoms with Gasteiger partial charge >= 0.3 is 5.97 Å². The molecule has 0 aromatic carbocycles. The third-order valence-electron chi connectivity index (χ3n) is 1.59. The predicted molar refractivity (Wildman–Crippen MR) is 63.2 cm³/mol. The quantitative estimate of drug-likeness (QED) is 0.724. The Balaban J connectivity index is 2.39. The van der Waals surface area contributed by atoms with E-state index >= 15 is 0 Å². The lowest BCUT2D eigenvalue weighted by Gasteiger charge is -2.05. The Bertz CT molecular complexity index is 356. The molecule has 0 fully saturated rings. The van der Waals surface area contributed by atoms with Gasteiger partial charge in [-0.05, 0) is 0 Å². The summed E-state index contributed by atoms with van der Waals surface area (Å²) in [7, 11) is 3.74. The summed E-state index contributed by atoms with van der Waals surface area (Å²) in [6.07, 6.45) is -1.10. The van der Waals surface area contributed by atoms with Crippen molar-refractivity contribution in [1.82, 2.24) is 10.2 Å². The van der Waals surface area contributed by atoms with Gasteiger partial charge in [-0.25, -0.2) is 0 Å². The smallest absolute Gasteiger partial charge is 0.306 e. The van der Waals surface area contributed by atoms with Crippen LogP contribution in [0.2, 0.25) is 0 Å². The van der Waals surface area contributed by atoms with Crippen LogP contribution in [0.4, 0.5) is 5.13 Å². The highest BCUT2D eigenvalue weighted by molar-refractivity contribution is 8.01. The molecule has 2 N–H and O–H groups in total. The molecule has 0 bridgehead atoms. The standard InChI is InChI=1S/C8H13N3O3S2/c1-11(2)7-9-10-8(16-7)15-4-5(12)3-6(13)14/h5,12H,3-4H2,1-2H3,(H,13,14). The summed E-state index contributed by atoms with van der Waals surface area (Å²) < 4.78 is 0.730. The molecule has 1 unspecified atom stereocenters. The first kappa shape index (κ1) is 13.2. The van der Waals surface area contributed by atoms with Gasteiger partial charge in [-0.1, -0.05) is 23.1 Å². The molecule has 90 valence electrons. The SMILES string of the molecule is CN(C)c1nnc(SCC(O)CC(=O)O)s1. The molecular formula is C8H13N3O3S2. The molecule has 0 aliphatic carbocycles. The van der Waals surface area contributed by atoms with E-state index in [1.165, 1.54) is 23.1 Å². The fourth-order valence-corrected chi connectivity index (χ4v) is 2.59. The maximum absolute atomic E-state index is 10.3. The normalized spacial score (nSPS) is 12.4. The highest BCUT2D eigenvalue weighted by Crippen LogP contribution is 2.27. The largest absolute Gasteiger partial charge is 0.481 e. The lowest BCUT2D eigenvalue weighted by atomic mass is 10.3. The summed E-state index contributed by atoms with van der Waals surface area (Å²) in [5.41, 5.74) is 0. The van der Waals surface area contributed by atoms with Gasteiger partial charge in [0.15, 0.2) is 4.34 Å². The average molecular weight is 263 g/mol. The number of carboxylic acid groups (broad SMARTS) is 1. The molecule has 0 aliphatic rings. The van der Waals surface area contributed by atoms with Crippen LogP contribution in [-0.2, 0) is 4.79 Å². The highest BCUT2D eigenvalue weighted by Gasteiger charge is 2.12. The minimum atomic E-state index is -1.00. The van der Waals surface area contributed by atoms with Gasteiger partial charge in [0.25, 0.3) is 0 Å². The summed E-state index contributed by atoms with van der Waals surface area (Å²) in [5.74, 6) is -0.687. The number of carbonyl (C=O) groups is 1. The van der Waals surface area contributed by atoms with Crippen LogP contribution in [0.5, 0.6) is 0 Å². The minimum Gasteiger partial charge on any atom is -0.481 e. The van der Waals surface area contributed by atoms with Crippen molar-refractivity contribution in [2.24, 2.45) is 0 Å². The van der Waals surface area contributed by atoms with Crippen LogP contribution in [-0.4, -0.2) is 52.3 Å². The summed E-state index contributed by atoms with van der Waals surface area (Å²) in [4.78, 5) is 12.2. The lowest BCUT2D eigenvalue weighted by Crippen LogP contribution is -2.15. The van der Waals surface area contributed by atoms with Crippen LogP contribution in [0.25, 0.3) is 0 Å². The molecular weight excluding hydrogens is 250 g/mol. The van der Waals surface area contributed by atoms with Gasteiger partial charge in [-0.2, -0.15) is 0 Å². The van der Waals surface area contributed by atoms with Gasteiger partial charge in [0.2, 0.25) is 5.13 Å². The van der Waals surface area contributed by atoms with E-state index in [-0.39, 0.29) is 6.42 Å². The van der Waals surface area contributed by atoms with Crippen molar-refractivity contribution in [3.05, 3.63) is 0 Å². The second-order valence-electron chi connectivity index (χ2n) is 3.31. The third-order valence-corrected chi connectivity index (χ3v) is 3.96. The molecule has 0 saturated heterocycles. The first-order valence-corrected chi connectivity index (χ1v) is 6.32. The molecule has 8 heteroatoms. The summed E-state index contributed by atoms with van der Waals surface area (Å²) in [6, 6.07) is 0. The van der Waals surface area contributed by atoms with Crippen LogP contribution in [0, 0.1) is 0 Å². The Morgan fingerprint density at radius 2 is 2.25 bits per heavy atom. The summed E-state index contributed by atoms with van der Waals surface area (Å²) >= 11 is 2.72. The van der Waals surface area contributed by atoms with E-state index in [9.17, 15) is 9.90 Å². The van der Waals surface area contributed by atoms with Crippen molar-refractivity contribution in [1.29, 1.82) is 0 Å². The van der Waals surface area contributed by atoms with E-state index in [0.29, 0.717) is 5.75 Å². The molecule has 1 rings (SSSR count). The maximum Gasteiger partial charge on any atom is 0.306 e. The number of carboxylic acids is 1. The van der Waals surface area contributed by atoms with Crippen LogP contribution < -0.4 is 4.90 Å². The van der Waals surface area contributed by atoms with Crippen LogP contribution >= 0.6 is 23.1 Å². The lowest BCUT2D eigenvalue weighted by molar-refractivity contribution is -0.138. The number of thioether (sulfide) groups is 1. The van der Waals surface area contributed by atoms with Crippen molar-refractivity contribution in [2.75, 3.05) is 24.7 Å². The van der Waals surface area contributed by atoms with Crippen LogP contribution in [0.3, 0.4) is 0 Å². The van der Waals surface area contributed by atoms with Crippen molar-refractivity contribution < 1.29 is 15.0 Å². The number of aromatic nitrogens is 2. The summed E-state index contributed by atoms with van der Waals surface area (Å²) in [5, 5.41) is 26.4. The fourth-order valence-electron chi connectivity index (χ4n) is 0.870. The minimum absolute atomic E-state index is 0.244. The second-order valence-corrected chi connectivity index (χ2v) is 5.53. The van der Waals surface area contributed by atoms with Gasteiger partial charge in [0.1, 0.15) is 0 Å². The monoisotopic (exact) mass is 263 g/mol. The molecule has 0 aliphatic heterocycles. The Labute approximate surface area is 101 Å². The number of anilines is 1. The molecule has 1 aromatic heterocycles. The van der Waals surface area contributed by atoms with Gasteiger partial charge < -0.3 is 15.1 Å². The summed E-state index contributed by atoms with van der Waals surface area (Å²) in [6.45, 7) is 0. The number of rotatable bonds is 6. The maximum atomic E-state index is 10.3. The van der Waals surface area contributed by atoms with Gasteiger partial charge in [0, 0.05) is 19.8 Å². The Hall–Kier alpha value is -0.860. The number of hydrogen-bond acceptors (Lipinski definition) is 7. The van der Waals surface area contributed by atoms with E-state index in [1.54, 1.807) is 0 Å². The Kier molecular flexibility index (Phi) is 4.97. The molecule has 0 spiro atoms. The second kappa shape index (κ2) is 6.02. The van der Waals surface area contributed by atoms with E-state index in [4.69, 9.17) is 5.11 Å². The van der Waals surface area contributed by atoms with E-state index in [2.05, 4.69) is 10.2 Å². The zero-order chi connectivity index (χ0) is 12.1. The van der Waals surface area contributed by atoms with Gasteiger partial charge in [-0.15, -0.1) is 10.2 Å². The zero-order valence-corrected chi connectivity index (χ0v) is 10.6. The van der Waals surface area contributed by atoms with Crippen molar-refractivity contribution in [2.45, 2.75) is 16.9 Å². The number of aliphatic carboxylic acids is 1. The number of aliphatic hydroxyl groups is 1. The molecule has 0 radical (unpaired) electrons. The molecule has 1 heterocycles. The number of nitrogens with zero attached hydrogens (tertiary/aromatic N) is 3. The molecule has 6 nitrogen and oxygen atoms in total. The van der Waals surface area contributed by atoms with Crippen LogP contribution in [0.1, 0.15) is 6.42 Å². The molecule has 1 atom stereocenters. The topological polar surface area (TPSA) is 86.5 Å². The number of hydrogen-bond donors (Lipinski definition) is 2. The van der Waals surface area contributed by atoms with E-state index < -0.39 is 12.1 Å². The Morgan fingerprint density at radius 3 is 2.75 bits per heavy atom. The van der Waals surface area contributed by atoms with Crippen molar-refractivity contribution >= 4 is 34.2 Å². The van der Waals surface area contributed by atoms with Gasteiger partial charge in [-0.3, -0.25) is 4.79 Å². The first-order chi connectivity index (χ1) is 7.49. The Morgan fingerprint density at radius 1 is 1.56 bits per heavy atom.